The summed E-state index contributed by atoms with van der Waals surface area (Å²) in [5, 5.41) is 17.6. The predicted molar refractivity (Wildman–Crippen MR) is 114 cm³/mol. The first kappa shape index (κ1) is 22.1. The molecule has 0 spiro atoms. The Morgan fingerprint density at radius 1 is 1.27 bits per heavy atom. The van der Waals surface area contributed by atoms with E-state index in [0.29, 0.717) is 25.5 Å². The quantitative estimate of drug-likeness (QED) is 0.308. The summed E-state index contributed by atoms with van der Waals surface area (Å²) in [5.74, 6) is 1.47. The van der Waals surface area contributed by atoms with Crippen LogP contribution in [0.1, 0.15) is 39.4 Å². The molecule has 2 aromatic heterocycles. The van der Waals surface area contributed by atoms with Crippen molar-refractivity contribution >= 4 is 41.5 Å². The number of pyridine rings is 1. The van der Waals surface area contributed by atoms with Gasteiger partial charge in [0.15, 0.2) is 17.4 Å². The van der Waals surface area contributed by atoms with Crippen LogP contribution in [0, 0.1) is 0 Å². The van der Waals surface area contributed by atoms with Gasteiger partial charge in [-0.05, 0) is 32.4 Å². The molecule has 0 radical (unpaired) electrons. The van der Waals surface area contributed by atoms with Gasteiger partial charge >= 0.3 is 0 Å². The first-order chi connectivity index (χ1) is 12.1. The number of nitrogens with one attached hydrogen (secondary N) is 3. The molecule has 0 fully saturated rings. The lowest BCUT2D eigenvalue weighted by atomic mass is 10.2. The van der Waals surface area contributed by atoms with E-state index in [2.05, 4.69) is 31.1 Å². The van der Waals surface area contributed by atoms with Crippen LogP contribution in [-0.4, -0.2) is 45.6 Å². The number of fused-ring (bicyclic) bond motifs is 1. The van der Waals surface area contributed by atoms with Gasteiger partial charge in [-0.2, -0.15) is 0 Å². The van der Waals surface area contributed by atoms with Gasteiger partial charge in [-0.3, -0.25) is 9.20 Å². The molecule has 1 atom stereocenters. The molecule has 2 rings (SSSR count). The summed E-state index contributed by atoms with van der Waals surface area (Å²) in [6.07, 6.45) is 3.25. The van der Waals surface area contributed by atoms with E-state index in [1.54, 1.807) is 0 Å². The van der Waals surface area contributed by atoms with E-state index in [1.165, 1.54) is 0 Å². The molecule has 8 nitrogen and oxygen atoms in total. The van der Waals surface area contributed by atoms with Crippen molar-refractivity contribution in [3.8, 4) is 0 Å². The van der Waals surface area contributed by atoms with Gasteiger partial charge in [0.1, 0.15) is 6.54 Å². The van der Waals surface area contributed by atoms with Gasteiger partial charge < -0.3 is 16.0 Å². The highest BCUT2D eigenvalue weighted by Crippen LogP contribution is 2.03. The molecule has 0 saturated carbocycles. The summed E-state index contributed by atoms with van der Waals surface area (Å²) in [5.41, 5.74) is 0.798. The second-order valence-corrected chi connectivity index (χ2v) is 5.79. The number of carbonyl (C=O) groups excluding carboxylic acids is 1. The Morgan fingerprint density at radius 2 is 2.08 bits per heavy atom. The number of hydrogen-bond donors (Lipinski definition) is 3. The minimum Gasteiger partial charge on any atom is -0.357 e. The third kappa shape index (κ3) is 6.77. The van der Waals surface area contributed by atoms with E-state index >= 15 is 0 Å². The third-order valence-corrected chi connectivity index (χ3v) is 3.77. The van der Waals surface area contributed by atoms with Crippen molar-refractivity contribution in [2.24, 2.45) is 4.99 Å². The van der Waals surface area contributed by atoms with E-state index in [1.807, 2.05) is 49.6 Å². The van der Waals surface area contributed by atoms with Crippen molar-refractivity contribution in [3.05, 3.63) is 30.2 Å². The predicted octanol–water partition coefficient (Wildman–Crippen LogP) is 1.71. The molecule has 0 aliphatic heterocycles. The number of guanidine groups is 1. The average Bonchev–Trinajstić information content (AvgIpc) is 3.02. The van der Waals surface area contributed by atoms with Crippen LogP contribution in [0.3, 0.4) is 0 Å². The van der Waals surface area contributed by atoms with Gasteiger partial charge in [-0.1, -0.05) is 13.0 Å². The summed E-state index contributed by atoms with van der Waals surface area (Å²) in [4.78, 5) is 16.3. The molecule has 1 amide bonds. The monoisotopic (exact) mass is 473 g/mol. The van der Waals surface area contributed by atoms with Crippen LogP contribution in [-0.2, 0) is 11.3 Å². The molecule has 0 aliphatic rings. The Hall–Kier alpha value is -1.91. The van der Waals surface area contributed by atoms with Crippen molar-refractivity contribution in [3.63, 3.8) is 0 Å². The van der Waals surface area contributed by atoms with Crippen molar-refractivity contribution in [2.75, 3.05) is 13.1 Å². The van der Waals surface area contributed by atoms with Crippen molar-refractivity contribution in [2.45, 2.75) is 46.2 Å². The molecule has 0 saturated heterocycles. The van der Waals surface area contributed by atoms with Gasteiger partial charge in [0, 0.05) is 31.7 Å². The lowest BCUT2D eigenvalue weighted by Crippen LogP contribution is -2.40. The lowest BCUT2D eigenvalue weighted by molar-refractivity contribution is -0.121. The normalized spacial score (nSPS) is 12.3. The van der Waals surface area contributed by atoms with Crippen LogP contribution in [0.2, 0.25) is 0 Å². The largest absolute Gasteiger partial charge is 0.357 e. The van der Waals surface area contributed by atoms with Crippen molar-refractivity contribution in [1.82, 2.24) is 30.5 Å². The van der Waals surface area contributed by atoms with E-state index in [4.69, 9.17) is 0 Å². The van der Waals surface area contributed by atoms with Gasteiger partial charge in [0.2, 0.25) is 5.91 Å². The highest BCUT2D eigenvalue weighted by molar-refractivity contribution is 14.0. The fourth-order valence-corrected chi connectivity index (χ4v) is 2.23. The van der Waals surface area contributed by atoms with Crippen LogP contribution in [0.5, 0.6) is 0 Å². The number of carbonyl (C=O) groups is 1. The topological polar surface area (TPSA) is 95.7 Å². The molecular weight excluding hydrogens is 445 g/mol. The lowest BCUT2D eigenvalue weighted by Gasteiger charge is -2.13. The molecule has 9 heteroatoms. The highest BCUT2D eigenvalue weighted by Gasteiger charge is 2.07. The number of aromatic nitrogens is 3. The number of halogens is 1. The molecular formula is C17H28IN7O. The first-order valence-corrected chi connectivity index (χ1v) is 8.74. The van der Waals surface area contributed by atoms with Gasteiger partial charge in [0.25, 0.3) is 0 Å². The fraction of sp³-hybridized carbons (Fsp3) is 0.529. The number of aliphatic imine (C=N–C) groups is 1. The van der Waals surface area contributed by atoms with Crippen LogP contribution in [0.15, 0.2) is 29.4 Å². The van der Waals surface area contributed by atoms with Gasteiger partial charge in [-0.15, -0.1) is 34.2 Å². The van der Waals surface area contributed by atoms with E-state index in [-0.39, 0.29) is 35.9 Å². The van der Waals surface area contributed by atoms with Gasteiger partial charge in [0.05, 0.1) is 0 Å². The Labute approximate surface area is 171 Å². The molecule has 0 aliphatic carbocycles. The average molecular weight is 473 g/mol. The molecule has 2 heterocycles. The summed E-state index contributed by atoms with van der Waals surface area (Å²) >= 11 is 0. The zero-order valence-electron chi connectivity index (χ0n) is 15.5. The SMILES string of the molecule is CCNC(=NCc1nnc2ccccn12)NCCC(=O)NC(C)CC.I. The summed E-state index contributed by atoms with van der Waals surface area (Å²) in [7, 11) is 0. The maximum absolute atomic E-state index is 11.8. The smallest absolute Gasteiger partial charge is 0.221 e. The standard InChI is InChI=1S/C17H27N7O.HI/c1-4-13(3)21-16(25)9-10-19-17(18-5-2)20-12-15-23-22-14-8-6-7-11-24(14)15;/h6-8,11,13H,4-5,9-10,12H2,1-3H3,(H,21,25)(H2,18,19,20);1H. The molecule has 1 unspecified atom stereocenters. The second-order valence-electron chi connectivity index (χ2n) is 5.79. The fourth-order valence-electron chi connectivity index (χ4n) is 2.23. The second kappa shape index (κ2) is 11.7. The zero-order chi connectivity index (χ0) is 18.1. The van der Waals surface area contributed by atoms with Crippen LogP contribution < -0.4 is 16.0 Å². The van der Waals surface area contributed by atoms with E-state index in [0.717, 1.165) is 24.4 Å². The van der Waals surface area contributed by atoms with E-state index in [9.17, 15) is 4.79 Å². The first-order valence-electron chi connectivity index (χ1n) is 8.74. The molecule has 0 bridgehead atoms. The molecule has 2 aromatic rings. The van der Waals surface area contributed by atoms with Crippen molar-refractivity contribution < 1.29 is 4.79 Å². The number of rotatable bonds is 8. The molecule has 3 N–H and O–H groups in total. The Morgan fingerprint density at radius 3 is 2.81 bits per heavy atom. The Bertz CT molecular complexity index is 716. The summed E-state index contributed by atoms with van der Waals surface area (Å²) in [6.45, 7) is 7.71. The number of nitrogens with zero attached hydrogens (tertiary/aromatic N) is 4. The minimum atomic E-state index is 0. The third-order valence-electron chi connectivity index (χ3n) is 3.77. The Balaban J connectivity index is 0.00000338. The van der Waals surface area contributed by atoms with Crippen LogP contribution in [0.25, 0.3) is 5.65 Å². The van der Waals surface area contributed by atoms with E-state index < -0.39 is 0 Å². The number of hydrogen-bond acceptors (Lipinski definition) is 4. The highest BCUT2D eigenvalue weighted by atomic mass is 127. The maximum atomic E-state index is 11.8. The molecule has 26 heavy (non-hydrogen) atoms. The molecule has 144 valence electrons. The minimum absolute atomic E-state index is 0. The molecule has 0 aromatic carbocycles. The van der Waals surface area contributed by atoms with Gasteiger partial charge in [-0.25, -0.2) is 4.99 Å². The van der Waals surface area contributed by atoms with Crippen molar-refractivity contribution in [1.29, 1.82) is 0 Å². The number of amides is 1. The maximum Gasteiger partial charge on any atom is 0.221 e. The van der Waals surface area contributed by atoms with Crippen LogP contribution >= 0.6 is 24.0 Å². The van der Waals surface area contributed by atoms with Crippen LogP contribution in [0.4, 0.5) is 0 Å². The summed E-state index contributed by atoms with van der Waals surface area (Å²) in [6, 6.07) is 5.96. The zero-order valence-corrected chi connectivity index (χ0v) is 17.9. The Kier molecular flexibility index (Phi) is 9.92. The summed E-state index contributed by atoms with van der Waals surface area (Å²) < 4.78 is 1.91.